The normalized spacial score (nSPS) is 19.7. The Morgan fingerprint density at radius 3 is 2.63 bits per heavy atom. The van der Waals surface area contributed by atoms with E-state index in [9.17, 15) is 4.79 Å². The van der Waals surface area contributed by atoms with Gasteiger partial charge in [0.2, 0.25) is 0 Å². The maximum absolute atomic E-state index is 12.7. The van der Waals surface area contributed by atoms with Crippen molar-refractivity contribution in [2.75, 3.05) is 33.3 Å². The number of nitrogens with zero attached hydrogens (tertiary/aromatic N) is 1. The van der Waals surface area contributed by atoms with Gasteiger partial charge in [-0.3, -0.25) is 4.79 Å². The number of likely N-dealkylation sites (N-methyl/N-ethyl adjacent to an activating group) is 1. The van der Waals surface area contributed by atoms with Crippen LogP contribution < -0.4 is 5.32 Å². The molecule has 3 rings (SSSR count). The van der Waals surface area contributed by atoms with E-state index < -0.39 is 0 Å². The third kappa shape index (κ3) is 5.59. The lowest BCUT2D eigenvalue weighted by Crippen LogP contribution is -2.39. The second-order valence-electron chi connectivity index (χ2n) is 6.45. The summed E-state index contributed by atoms with van der Waals surface area (Å²) in [5.41, 5.74) is 1.73. The SMILES string of the molecule is CN(CC1OCCNCC1c1ccc(Cl)c(Cl)c1)C(=O)c1ccccc1.Cl. The van der Waals surface area contributed by atoms with E-state index in [1.165, 1.54) is 0 Å². The van der Waals surface area contributed by atoms with Crippen LogP contribution >= 0.6 is 35.6 Å². The molecule has 0 aliphatic carbocycles. The van der Waals surface area contributed by atoms with E-state index in [1.807, 2.05) is 49.5 Å². The van der Waals surface area contributed by atoms with Crippen molar-refractivity contribution in [1.82, 2.24) is 10.2 Å². The highest BCUT2D eigenvalue weighted by Crippen LogP contribution is 2.30. The predicted octanol–water partition coefficient (Wildman–Crippen LogP) is 4.26. The van der Waals surface area contributed by atoms with Crippen molar-refractivity contribution in [3.05, 3.63) is 69.7 Å². The molecule has 2 atom stereocenters. The van der Waals surface area contributed by atoms with Gasteiger partial charge in [0.1, 0.15) is 0 Å². The minimum Gasteiger partial charge on any atom is -0.374 e. The van der Waals surface area contributed by atoms with E-state index >= 15 is 0 Å². The van der Waals surface area contributed by atoms with Crippen LogP contribution in [0.2, 0.25) is 10.0 Å². The quantitative estimate of drug-likeness (QED) is 0.789. The van der Waals surface area contributed by atoms with Gasteiger partial charge in [0, 0.05) is 38.2 Å². The first-order valence-electron chi connectivity index (χ1n) is 8.64. The second kappa shape index (κ2) is 10.3. The lowest BCUT2D eigenvalue weighted by Gasteiger charge is -2.29. The van der Waals surface area contributed by atoms with Gasteiger partial charge in [0.15, 0.2) is 0 Å². The fourth-order valence-electron chi connectivity index (χ4n) is 3.20. The Hall–Kier alpha value is -1.30. The molecule has 1 heterocycles. The summed E-state index contributed by atoms with van der Waals surface area (Å²) < 4.78 is 6.06. The minimum absolute atomic E-state index is 0. The number of nitrogens with one attached hydrogen (secondary N) is 1. The van der Waals surface area contributed by atoms with Crippen molar-refractivity contribution in [2.45, 2.75) is 12.0 Å². The zero-order valence-electron chi connectivity index (χ0n) is 15.0. The molecule has 1 fully saturated rings. The summed E-state index contributed by atoms with van der Waals surface area (Å²) in [6, 6.07) is 14.9. The largest absolute Gasteiger partial charge is 0.374 e. The number of ether oxygens (including phenoxy) is 1. The number of halogens is 3. The number of hydrogen-bond donors (Lipinski definition) is 1. The molecule has 1 saturated heterocycles. The van der Waals surface area contributed by atoms with Crippen LogP contribution in [0.5, 0.6) is 0 Å². The molecule has 0 radical (unpaired) electrons. The fraction of sp³-hybridized carbons (Fsp3) is 0.350. The van der Waals surface area contributed by atoms with Gasteiger partial charge in [-0.25, -0.2) is 0 Å². The van der Waals surface area contributed by atoms with Crippen LogP contribution in [0, 0.1) is 0 Å². The highest BCUT2D eigenvalue weighted by atomic mass is 35.5. The van der Waals surface area contributed by atoms with Gasteiger partial charge in [-0.15, -0.1) is 12.4 Å². The standard InChI is InChI=1S/C20H22Cl2N2O2.ClH/c1-24(20(25)14-5-3-2-4-6-14)13-19-16(12-23-9-10-26-19)15-7-8-17(21)18(22)11-15;/h2-8,11,16,19,23H,9-10,12-13H2,1H3;1H. The summed E-state index contributed by atoms with van der Waals surface area (Å²) in [6.45, 7) is 2.65. The lowest BCUT2D eigenvalue weighted by molar-refractivity contribution is 0.0270. The monoisotopic (exact) mass is 428 g/mol. The molecule has 1 aliphatic heterocycles. The van der Waals surface area contributed by atoms with Crippen molar-refractivity contribution < 1.29 is 9.53 Å². The number of hydrogen-bond acceptors (Lipinski definition) is 3. The van der Waals surface area contributed by atoms with Crippen LogP contribution in [-0.4, -0.2) is 50.2 Å². The van der Waals surface area contributed by atoms with Crippen molar-refractivity contribution in [1.29, 1.82) is 0 Å². The molecule has 2 unspecified atom stereocenters. The van der Waals surface area contributed by atoms with E-state index in [2.05, 4.69) is 5.32 Å². The van der Waals surface area contributed by atoms with Gasteiger partial charge >= 0.3 is 0 Å². The average molecular weight is 430 g/mol. The Kier molecular flexibility index (Phi) is 8.39. The van der Waals surface area contributed by atoms with Crippen molar-refractivity contribution in [2.24, 2.45) is 0 Å². The van der Waals surface area contributed by atoms with E-state index in [4.69, 9.17) is 27.9 Å². The van der Waals surface area contributed by atoms with Gasteiger partial charge in [-0.2, -0.15) is 0 Å². The van der Waals surface area contributed by atoms with E-state index in [0.717, 1.165) is 18.7 Å². The number of rotatable bonds is 4. The Morgan fingerprint density at radius 1 is 1.19 bits per heavy atom. The van der Waals surface area contributed by atoms with Gasteiger partial charge in [0.05, 0.1) is 22.8 Å². The summed E-state index contributed by atoms with van der Waals surface area (Å²) >= 11 is 12.3. The van der Waals surface area contributed by atoms with Crippen molar-refractivity contribution in [3.63, 3.8) is 0 Å². The third-order valence-electron chi connectivity index (χ3n) is 4.62. The highest BCUT2D eigenvalue weighted by Gasteiger charge is 2.29. The zero-order valence-corrected chi connectivity index (χ0v) is 17.4. The number of benzene rings is 2. The molecule has 0 aromatic heterocycles. The molecule has 146 valence electrons. The number of carbonyl (C=O) groups excluding carboxylic acids is 1. The summed E-state index contributed by atoms with van der Waals surface area (Å²) in [6.07, 6.45) is -0.125. The highest BCUT2D eigenvalue weighted by molar-refractivity contribution is 6.42. The average Bonchev–Trinajstić information content (AvgIpc) is 2.89. The molecule has 27 heavy (non-hydrogen) atoms. The van der Waals surface area contributed by atoms with Gasteiger partial charge in [-0.1, -0.05) is 47.5 Å². The molecule has 7 heteroatoms. The topological polar surface area (TPSA) is 41.6 Å². The minimum atomic E-state index is -0.125. The summed E-state index contributed by atoms with van der Waals surface area (Å²) in [5.74, 6) is 0.0672. The first-order chi connectivity index (χ1) is 12.6. The fourth-order valence-corrected chi connectivity index (χ4v) is 3.50. The van der Waals surface area contributed by atoms with Crippen molar-refractivity contribution >= 4 is 41.5 Å². The molecule has 0 spiro atoms. The molecular weight excluding hydrogens is 407 g/mol. The Balaban J connectivity index is 0.00000261. The van der Waals surface area contributed by atoms with Gasteiger partial charge in [0.25, 0.3) is 5.91 Å². The smallest absolute Gasteiger partial charge is 0.253 e. The Bertz CT molecular complexity index is 758. The molecule has 0 bridgehead atoms. The maximum Gasteiger partial charge on any atom is 0.253 e. The molecule has 1 aliphatic rings. The molecule has 2 aromatic rings. The van der Waals surface area contributed by atoms with E-state index in [0.29, 0.717) is 28.8 Å². The number of amides is 1. The van der Waals surface area contributed by atoms with Gasteiger partial charge in [-0.05, 0) is 29.8 Å². The van der Waals surface area contributed by atoms with Crippen LogP contribution in [0.15, 0.2) is 48.5 Å². The first kappa shape index (κ1) is 22.0. The second-order valence-corrected chi connectivity index (χ2v) is 7.26. The molecular formula is C20H23Cl3N2O2. The molecule has 0 saturated carbocycles. The van der Waals surface area contributed by atoms with Crippen LogP contribution in [0.1, 0.15) is 21.8 Å². The van der Waals surface area contributed by atoms with Crippen LogP contribution in [0.3, 0.4) is 0 Å². The van der Waals surface area contributed by atoms with Gasteiger partial charge < -0.3 is 15.0 Å². The predicted molar refractivity (Wildman–Crippen MR) is 112 cm³/mol. The number of carbonyl (C=O) groups is 1. The lowest BCUT2D eigenvalue weighted by atomic mass is 9.92. The maximum atomic E-state index is 12.7. The third-order valence-corrected chi connectivity index (χ3v) is 5.36. The Labute approximate surface area is 176 Å². The Morgan fingerprint density at radius 2 is 1.93 bits per heavy atom. The molecule has 1 amide bonds. The van der Waals surface area contributed by atoms with E-state index in [1.54, 1.807) is 11.0 Å². The van der Waals surface area contributed by atoms with Crippen LogP contribution in [0.4, 0.5) is 0 Å². The zero-order chi connectivity index (χ0) is 18.5. The first-order valence-corrected chi connectivity index (χ1v) is 9.39. The summed E-state index contributed by atoms with van der Waals surface area (Å²) in [5, 5.41) is 4.45. The molecule has 2 aromatic carbocycles. The van der Waals surface area contributed by atoms with Crippen molar-refractivity contribution in [3.8, 4) is 0 Å². The van der Waals surface area contributed by atoms with E-state index in [-0.39, 0.29) is 30.3 Å². The van der Waals surface area contributed by atoms with Crippen LogP contribution in [0.25, 0.3) is 0 Å². The summed E-state index contributed by atoms with van der Waals surface area (Å²) in [4.78, 5) is 14.4. The summed E-state index contributed by atoms with van der Waals surface area (Å²) in [7, 11) is 1.81. The van der Waals surface area contributed by atoms with Crippen LogP contribution in [-0.2, 0) is 4.74 Å². The molecule has 1 N–H and O–H groups in total. The molecule has 4 nitrogen and oxygen atoms in total.